The fraction of sp³-hybridized carbons (Fsp3) is 0.583. The standard InChI is InChI=1S/C12H18N6/c1-3-13-11-16-9(14-7-12(2)4-5-12)8-6-15-18-10(8)17-11/h6H,3-5,7H2,1-2H3,(H3,13,14,15,16,17,18). The number of fused-ring (bicyclic) bond motifs is 1. The first-order valence-corrected chi connectivity index (χ1v) is 6.39. The number of hydrogen-bond donors (Lipinski definition) is 3. The van der Waals surface area contributed by atoms with Gasteiger partial charge in [-0.2, -0.15) is 15.1 Å². The summed E-state index contributed by atoms with van der Waals surface area (Å²) in [6, 6.07) is 0. The molecule has 1 saturated carbocycles. The predicted octanol–water partition coefficient (Wildman–Crippen LogP) is 2.00. The van der Waals surface area contributed by atoms with Crippen LogP contribution >= 0.6 is 0 Å². The lowest BCUT2D eigenvalue weighted by Crippen LogP contribution is -2.14. The lowest BCUT2D eigenvalue weighted by atomic mass is 10.1. The number of hydrogen-bond acceptors (Lipinski definition) is 5. The second-order valence-corrected chi connectivity index (χ2v) is 5.22. The van der Waals surface area contributed by atoms with Crippen molar-refractivity contribution in [3.63, 3.8) is 0 Å². The van der Waals surface area contributed by atoms with Crippen LogP contribution in [0, 0.1) is 5.41 Å². The normalized spacial score (nSPS) is 16.8. The molecule has 0 bridgehead atoms. The van der Waals surface area contributed by atoms with Crippen molar-refractivity contribution in [3.8, 4) is 0 Å². The Balaban J connectivity index is 1.89. The Morgan fingerprint density at radius 3 is 2.89 bits per heavy atom. The largest absolute Gasteiger partial charge is 0.369 e. The van der Waals surface area contributed by atoms with Crippen LogP contribution in [0.3, 0.4) is 0 Å². The highest BCUT2D eigenvalue weighted by molar-refractivity contribution is 5.86. The van der Waals surface area contributed by atoms with Gasteiger partial charge in [0.05, 0.1) is 11.6 Å². The fourth-order valence-corrected chi connectivity index (χ4v) is 1.89. The zero-order chi connectivity index (χ0) is 12.6. The minimum Gasteiger partial charge on any atom is -0.369 e. The molecule has 3 N–H and O–H groups in total. The monoisotopic (exact) mass is 246 g/mol. The summed E-state index contributed by atoms with van der Waals surface area (Å²) in [5.74, 6) is 1.50. The van der Waals surface area contributed by atoms with Gasteiger partial charge in [-0.05, 0) is 25.2 Å². The lowest BCUT2D eigenvalue weighted by Gasteiger charge is -2.12. The molecular formula is C12H18N6. The smallest absolute Gasteiger partial charge is 0.226 e. The van der Waals surface area contributed by atoms with Crippen LogP contribution in [0.4, 0.5) is 11.8 Å². The molecule has 0 saturated heterocycles. The molecule has 0 radical (unpaired) electrons. The van der Waals surface area contributed by atoms with Crippen LogP contribution in [-0.4, -0.2) is 33.3 Å². The van der Waals surface area contributed by atoms with Crippen molar-refractivity contribution >= 4 is 22.8 Å². The van der Waals surface area contributed by atoms with E-state index in [0.717, 1.165) is 29.9 Å². The van der Waals surface area contributed by atoms with E-state index in [1.807, 2.05) is 6.92 Å². The Morgan fingerprint density at radius 2 is 2.17 bits per heavy atom. The number of rotatable bonds is 5. The van der Waals surface area contributed by atoms with Gasteiger partial charge in [-0.15, -0.1) is 0 Å². The van der Waals surface area contributed by atoms with Crippen LogP contribution in [0.2, 0.25) is 0 Å². The summed E-state index contributed by atoms with van der Waals surface area (Å²) in [7, 11) is 0. The van der Waals surface area contributed by atoms with Crippen molar-refractivity contribution in [3.05, 3.63) is 6.20 Å². The summed E-state index contributed by atoms with van der Waals surface area (Å²) in [6.07, 6.45) is 4.35. The van der Waals surface area contributed by atoms with Crippen molar-refractivity contribution in [1.29, 1.82) is 0 Å². The van der Waals surface area contributed by atoms with Gasteiger partial charge >= 0.3 is 0 Å². The molecule has 96 valence electrons. The van der Waals surface area contributed by atoms with Crippen molar-refractivity contribution in [2.24, 2.45) is 5.41 Å². The number of anilines is 2. The summed E-state index contributed by atoms with van der Waals surface area (Å²) in [6.45, 7) is 6.07. The molecule has 0 aromatic carbocycles. The van der Waals surface area contributed by atoms with Crippen molar-refractivity contribution in [2.75, 3.05) is 23.7 Å². The van der Waals surface area contributed by atoms with E-state index < -0.39 is 0 Å². The molecule has 0 aliphatic heterocycles. The molecule has 0 atom stereocenters. The van der Waals surface area contributed by atoms with E-state index in [0.29, 0.717) is 11.4 Å². The molecular weight excluding hydrogens is 228 g/mol. The molecule has 3 rings (SSSR count). The van der Waals surface area contributed by atoms with Gasteiger partial charge in [0.1, 0.15) is 5.82 Å². The second-order valence-electron chi connectivity index (χ2n) is 5.22. The minimum atomic E-state index is 0.444. The van der Waals surface area contributed by atoms with E-state index in [2.05, 4.69) is 37.7 Å². The predicted molar refractivity (Wildman–Crippen MR) is 71.7 cm³/mol. The Bertz CT molecular complexity index is 557. The minimum absolute atomic E-state index is 0.444. The summed E-state index contributed by atoms with van der Waals surface area (Å²) in [4.78, 5) is 8.87. The van der Waals surface area contributed by atoms with Crippen LogP contribution in [0.1, 0.15) is 26.7 Å². The molecule has 1 aliphatic carbocycles. The Kier molecular flexibility index (Phi) is 2.57. The molecule has 2 aromatic rings. The van der Waals surface area contributed by atoms with E-state index in [-0.39, 0.29) is 0 Å². The number of nitrogens with zero attached hydrogens (tertiary/aromatic N) is 3. The van der Waals surface area contributed by atoms with Gasteiger partial charge in [-0.3, -0.25) is 5.10 Å². The lowest BCUT2D eigenvalue weighted by molar-refractivity contribution is 0.610. The third-order valence-corrected chi connectivity index (χ3v) is 3.43. The van der Waals surface area contributed by atoms with E-state index in [9.17, 15) is 0 Å². The molecule has 0 amide bonds. The Morgan fingerprint density at radius 1 is 1.33 bits per heavy atom. The number of aromatic amines is 1. The number of H-pyrrole nitrogens is 1. The maximum absolute atomic E-state index is 4.50. The van der Waals surface area contributed by atoms with Gasteiger partial charge in [-0.1, -0.05) is 6.92 Å². The number of aromatic nitrogens is 4. The van der Waals surface area contributed by atoms with Crippen LogP contribution in [-0.2, 0) is 0 Å². The van der Waals surface area contributed by atoms with Gasteiger partial charge in [0.2, 0.25) is 5.95 Å². The average molecular weight is 246 g/mol. The van der Waals surface area contributed by atoms with Crippen molar-refractivity contribution in [1.82, 2.24) is 20.2 Å². The third-order valence-electron chi connectivity index (χ3n) is 3.43. The highest BCUT2D eigenvalue weighted by Gasteiger charge is 2.37. The SMILES string of the molecule is CCNc1nc(NCC2(C)CC2)c2cn[nH]c2n1. The molecule has 2 heterocycles. The first-order valence-electron chi connectivity index (χ1n) is 6.39. The van der Waals surface area contributed by atoms with Crippen molar-refractivity contribution < 1.29 is 0 Å². The molecule has 6 nitrogen and oxygen atoms in total. The van der Waals surface area contributed by atoms with Gasteiger partial charge < -0.3 is 10.6 Å². The summed E-state index contributed by atoms with van der Waals surface area (Å²) in [5.41, 5.74) is 1.21. The quantitative estimate of drug-likeness (QED) is 0.752. The maximum atomic E-state index is 4.50. The van der Waals surface area contributed by atoms with Gasteiger partial charge in [0.15, 0.2) is 5.65 Å². The van der Waals surface area contributed by atoms with Gasteiger partial charge in [0.25, 0.3) is 0 Å². The van der Waals surface area contributed by atoms with Crippen LogP contribution < -0.4 is 10.6 Å². The Hall–Kier alpha value is -1.85. The molecule has 18 heavy (non-hydrogen) atoms. The van der Waals surface area contributed by atoms with E-state index in [4.69, 9.17) is 0 Å². The molecule has 6 heteroatoms. The first kappa shape index (κ1) is 11.3. The van der Waals surface area contributed by atoms with Crippen LogP contribution in [0.15, 0.2) is 6.20 Å². The van der Waals surface area contributed by atoms with Gasteiger partial charge in [0, 0.05) is 13.1 Å². The van der Waals surface area contributed by atoms with Crippen LogP contribution in [0.5, 0.6) is 0 Å². The molecule has 0 spiro atoms. The number of nitrogens with one attached hydrogen (secondary N) is 3. The van der Waals surface area contributed by atoms with Crippen LogP contribution in [0.25, 0.3) is 11.0 Å². The summed E-state index contributed by atoms with van der Waals surface area (Å²) >= 11 is 0. The molecule has 0 unspecified atom stereocenters. The highest BCUT2D eigenvalue weighted by Crippen LogP contribution is 2.44. The topological polar surface area (TPSA) is 78.5 Å². The summed E-state index contributed by atoms with van der Waals surface area (Å²) < 4.78 is 0. The zero-order valence-corrected chi connectivity index (χ0v) is 10.7. The zero-order valence-electron chi connectivity index (χ0n) is 10.7. The van der Waals surface area contributed by atoms with Gasteiger partial charge in [-0.25, -0.2) is 0 Å². The highest BCUT2D eigenvalue weighted by atomic mass is 15.2. The maximum Gasteiger partial charge on any atom is 0.226 e. The second kappa shape index (κ2) is 4.12. The summed E-state index contributed by atoms with van der Waals surface area (Å²) in [5, 5.41) is 14.4. The first-order chi connectivity index (χ1) is 8.70. The fourth-order valence-electron chi connectivity index (χ4n) is 1.89. The average Bonchev–Trinajstić information content (AvgIpc) is 2.90. The van der Waals surface area contributed by atoms with E-state index >= 15 is 0 Å². The third kappa shape index (κ3) is 2.10. The van der Waals surface area contributed by atoms with E-state index in [1.54, 1.807) is 6.20 Å². The molecule has 1 fully saturated rings. The van der Waals surface area contributed by atoms with E-state index in [1.165, 1.54) is 12.8 Å². The molecule has 1 aliphatic rings. The molecule has 2 aromatic heterocycles. The van der Waals surface area contributed by atoms with Crippen molar-refractivity contribution in [2.45, 2.75) is 26.7 Å². The Labute approximate surface area is 106 Å².